The van der Waals surface area contributed by atoms with Crippen LogP contribution < -0.4 is 10.6 Å². The van der Waals surface area contributed by atoms with Gasteiger partial charge in [-0.1, -0.05) is 18.2 Å². The summed E-state index contributed by atoms with van der Waals surface area (Å²) >= 11 is 0. The molecule has 9 heteroatoms. The number of amides is 2. The number of aromatic nitrogens is 2. The highest BCUT2D eigenvalue weighted by Crippen LogP contribution is 2.44. The molecule has 0 radical (unpaired) electrons. The molecule has 3 heterocycles. The molecule has 6 rings (SSSR count). The van der Waals surface area contributed by atoms with Crippen molar-refractivity contribution in [2.24, 2.45) is 11.3 Å². The first-order valence-corrected chi connectivity index (χ1v) is 13.6. The van der Waals surface area contributed by atoms with Gasteiger partial charge in [-0.05, 0) is 56.9 Å². The highest BCUT2D eigenvalue weighted by molar-refractivity contribution is 6.10. The summed E-state index contributed by atoms with van der Waals surface area (Å²) in [7, 11) is 0. The van der Waals surface area contributed by atoms with Crippen LogP contribution in [0.15, 0.2) is 48.7 Å². The number of pyridine rings is 1. The Morgan fingerprint density at radius 3 is 2.56 bits per heavy atom. The fraction of sp³-hybridized carbons (Fsp3) is 0.400. The van der Waals surface area contributed by atoms with Crippen LogP contribution in [0.5, 0.6) is 0 Å². The van der Waals surface area contributed by atoms with Crippen molar-refractivity contribution in [3.63, 3.8) is 0 Å². The number of piperidine rings is 1. The average molecular weight is 530 g/mol. The fourth-order valence-electron chi connectivity index (χ4n) is 5.83. The van der Waals surface area contributed by atoms with Gasteiger partial charge in [0.2, 0.25) is 11.8 Å². The summed E-state index contributed by atoms with van der Waals surface area (Å²) in [5, 5.41) is 6.13. The highest BCUT2D eigenvalue weighted by atomic mass is 19.1. The van der Waals surface area contributed by atoms with Crippen LogP contribution in [0.3, 0.4) is 0 Å². The van der Waals surface area contributed by atoms with E-state index in [0.717, 1.165) is 38.0 Å². The molecule has 0 spiro atoms. The summed E-state index contributed by atoms with van der Waals surface area (Å²) in [6.07, 6.45) is 4.37. The van der Waals surface area contributed by atoms with Crippen LogP contribution in [0, 0.1) is 11.3 Å². The van der Waals surface area contributed by atoms with Crippen LogP contribution in [0.2, 0.25) is 0 Å². The van der Waals surface area contributed by atoms with Crippen LogP contribution in [0.1, 0.15) is 55.1 Å². The van der Waals surface area contributed by atoms with Crippen molar-refractivity contribution < 1.29 is 18.8 Å². The van der Waals surface area contributed by atoms with Crippen molar-refractivity contribution in [2.45, 2.75) is 51.6 Å². The van der Waals surface area contributed by atoms with Crippen molar-refractivity contribution in [1.29, 1.82) is 0 Å². The monoisotopic (exact) mass is 529 g/mol. The second kappa shape index (κ2) is 9.94. The van der Waals surface area contributed by atoms with Gasteiger partial charge in [0.15, 0.2) is 5.78 Å². The molecule has 1 aliphatic heterocycles. The number of halogens is 1. The minimum Gasteiger partial charge on any atom is -0.356 e. The minimum absolute atomic E-state index is 0.0371. The quantitative estimate of drug-likeness (QED) is 0.404. The Kier molecular flexibility index (Phi) is 6.45. The molecule has 8 nitrogen and oxygen atoms in total. The lowest BCUT2D eigenvalue weighted by Gasteiger charge is -2.38. The van der Waals surface area contributed by atoms with E-state index in [0.29, 0.717) is 40.4 Å². The molecule has 1 unspecified atom stereocenters. The number of ketones is 1. The van der Waals surface area contributed by atoms with Crippen LogP contribution in [0.25, 0.3) is 11.3 Å². The van der Waals surface area contributed by atoms with Gasteiger partial charge in [0, 0.05) is 49.1 Å². The molecular weight excluding hydrogens is 497 g/mol. The van der Waals surface area contributed by atoms with E-state index < -0.39 is 17.5 Å². The Hall–Kier alpha value is -4.01. The lowest BCUT2D eigenvalue weighted by Crippen LogP contribution is -2.48. The zero-order valence-electron chi connectivity index (χ0n) is 21.9. The van der Waals surface area contributed by atoms with Gasteiger partial charge in [0.1, 0.15) is 12.0 Å². The third-order valence-electron chi connectivity index (χ3n) is 8.03. The molecule has 2 aromatic heterocycles. The van der Waals surface area contributed by atoms with Gasteiger partial charge in [-0.3, -0.25) is 14.4 Å². The first-order valence-electron chi connectivity index (χ1n) is 13.6. The van der Waals surface area contributed by atoms with Crippen LogP contribution in [-0.2, 0) is 16.0 Å². The lowest BCUT2D eigenvalue weighted by molar-refractivity contribution is -0.142. The highest BCUT2D eigenvalue weighted by Gasteiger charge is 2.46. The maximum atomic E-state index is 13.7. The summed E-state index contributed by atoms with van der Waals surface area (Å²) < 4.78 is 13.4. The first-order chi connectivity index (χ1) is 18.8. The zero-order valence-corrected chi connectivity index (χ0v) is 21.9. The number of aromatic amines is 1. The third kappa shape index (κ3) is 4.93. The predicted molar refractivity (Wildman–Crippen MR) is 147 cm³/mol. The smallest absolute Gasteiger partial charge is 0.231 e. The number of anilines is 3. The number of fused-ring (bicyclic) bond motifs is 1. The number of carbonyl (C=O) groups excluding carboxylic acids is 3. The van der Waals surface area contributed by atoms with Crippen LogP contribution in [0.4, 0.5) is 21.6 Å². The van der Waals surface area contributed by atoms with E-state index in [1.807, 2.05) is 42.2 Å². The number of nitrogens with one attached hydrogen (secondary N) is 3. The summed E-state index contributed by atoms with van der Waals surface area (Å²) in [6, 6.07) is 13.1. The number of likely N-dealkylation sites (tertiary alicyclic amines) is 1. The first kappa shape index (κ1) is 25.3. The Balaban J connectivity index is 1.37. The van der Waals surface area contributed by atoms with Gasteiger partial charge in [-0.25, -0.2) is 9.37 Å². The number of hydrogen-bond acceptors (Lipinski definition) is 5. The van der Waals surface area contributed by atoms with Gasteiger partial charge in [-0.15, -0.1) is 0 Å². The van der Waals surface area contributed by atoms with Crippen LogP contribution >= 0.6 is 0 Å². The summed E-state index contributed by atoms with van der Waals surface area (Å²) in [6.45, 7) is 3.37. The second-order valence-electron chi connectivity index (χ2n) is 11.2. The van der Waals surface area contributed by atoms with E-state index in [1.54, 1.807) is 18.3 Å². The molecule has 1 saturated carbocycles. The molecule has 3 aromatic rings. The number of para-hydroxylation sites is 1. The van der Waals surface area contributed by atoms with E-state index in [1.165, 1.54) is 0 Å². The number of rotatable bonds is 6. The van der Waals surface area contributed by atoms with Crippen LogP contribution in [-0.4, -0.2) is 51.7 Å². The minimum atomic E-state index is -1.10. The molecule has 2 amide bonds. The summed E-state index contributed by atoms with van der Waals surface area (Å²) in [5.41, 5.74) is 3.27. The largest absolute Gasteiger partial charge is 0.356 e. The molecule has 3 N–H and O–H groups in total. The Bertz CT molecular complexity index is 1430. The number of carbonyl (C=O) groups is 3. The van der Waals surface area contributed by atoms with E-state index in [4.69, 9.17) is 0 Å². The zero-order chi connectivity index (χ0) is 27.1. The van der Waals surface area contributed by atoms with E-state index in [9.17, 15) is 18.8 Å². The maximum Gasteiger partial charge on any atom is 0.231 e. The normalized spacial score (nSPS) is 24.2. The Morgan fingerprint density at radius 1 is 1.10 bits per heavy atom. The van der Waals surface area contributed by atoms with E-state index >= 15 is 0 Å². The summed E-state index contributed by atoms with van der Waals surface area (Å²) in [4.78, 5) is 49.2. The molecule has 3 aliphatic rings. The van der Waals surface area contributed by atoms with Crippen molar-refractivity contribution in [3.05, 3.63) is 59.9 Å². The van der Waals surface area contributed by atoms with E-state index in [-0.39, 0.29) is 30.4 Å². The lowest BCUT2D eigenvalue weighted by atomic mass is 9.73. The summed E-state index contributed by atoms with van der Waals surface area (Å²) in [5.74, 6) is -0.754. The number of hydrogen-bond donors (Lipinski definition) is 3. The molecule has 1 aromatic carbocycles. The number of H-pyrrole nitrogens is 1. The number of nitrogens with zero attached hydrogens (tertiary/aromatic N) is 2. The molecule has 39 heavy (non-hydrogen) atoms. The van der Waals surface area contributed by atoms with Gasteiger partial charge in [0.05, 0.1) is 28.3 Å². The van der Waals surface area contributed by atoms with Gasteiger partial charge >= 0.3 is 0 Å². The standard InChI is InChI=1S/C30H32FN5O3/c1-30(29(39)36-12-6-3-7-13-36)16-22-25(23(37)17-30)27(33-19-8-4-2-5-9-19)26(34-22)18-10-11-32-24(14-18)35-28(38)20-15-21(20)31/h2,4-5,8-11,14,20-21,33-34H,3,6-7,12-13,15-17H2,1H3,(H,32,35,38)/t20-,21+,30?/m1/s1. The Labute approximate surface area is 226 Å². The van der Waals surface area contributed by atoms with E-state index in [2.05, 4.69) is 20.6 Å². The number of alkyl halides is 1. The maximum absolute atomic E-state index is 13.7. The number of benzene rings is 1. The van der Waals surface area contributed by atoms with Gasteiger partial charge in [0.25, 0.3) is 0 Å². The molecule has 0 bridgehead atoms. The topological polar surface area (TPSA) is 107 Å². The molecule has 1 saturated heterocycles. The van der Waals surface area contributed by atoms with Gasteiger partial charge < -0.3 is 20.5 Å². The van der Waals surface area contributed by atoms with Crippen molar-refractivity contribution in [1.82, 2.24) is 14.9 Å². The molecule has 2 aliphatic carbocycles. The van der Waals surface area contributed by atoms with Crippen molar-refractivity contribution in [2.75, 3.05) is 23.7 Å². The predicted octanol–water partition coefficient (Wildman–Crippen LogP) is 5.26. The molecule has 3 atom stereocenters. The number of Topliss-reactive ketones (excluding diaryl/α,β-unsaturated/α-hetero) is 1. The SMILES string of the molecule is CC1(C(=O)N2CCCCC2)CC(=O)c2c([nH]c(-c3ccnc(NC(=O)[C@@H]4C[C@@H]4F)c3)c2Nc2ccccc2)C1. The average Bonchev–Trinajstić information content (AvgIpc) is 3.57. The fourth-order valence-corrected chi connectivity index (χ4v) is 5.83. The third-order valence-corrected chi connectivity index (χ3v) is 8.03. The Morgan fingerprint density at radius 2 is 1.85 bits per heavy atom. The second-order valence-corrected chi connectivity index (χ2v) is 11.2. The van der Waals surface area contributed by atoms with Crippen molar-refractivity contribution >= 4 is 34.8 Å². The van der Waals surface area contributed by atoms with Crippen molar-refractivity contribution in [3.8, 4) is 11.3 Å². The molecule has 202 valence electrons. The molecule has 2 fully saturated rings. The van der Waals surface area contributed by atoms with Gasteiger partial charge in [-0.2, -0.15) is 0 Å². The molecular formula is C30H32FN5O3.